The molecule has 136 valence electrons. The number of amides is 1. The Kier molecular flexibility index (Phi) is 4.50. The highest BCUT2D eigenvalue weighted by atomic mass is 16.2. The van der Waals surface area contributed by atoms with Crippen molar-refractivity contribution in [2.24, 2.45) is 14.1 Å². The fourth-order valence-electron chi connectivity index (χ4n) is 2.94. The molecular weight excluding hydrogens is 334 g/mol. The van der Waals surface area contributed by atoms with Gasteiger partial charge >= 0.3 is 5.69 Å². The van der Waals surface area contributed by atoms with Gasteiger partial charge in [0.2, 0.25) is 5.91 Å². The van der Waals surface area contributed by atoms with E-state index < -0.39 is 17.3 Å². The van der Waals surface area contributed by atoms with Crippen LogP contribution in [0.4, 0.5) is 0 Å². The summed E-state index contributed by atoms with van der Waals surface area (Å²) in [6.07, 6.45) is 1.42. The molecule has 0 bridgehead atoms. The number of fused-ring (bicyclic) bond motifs is 1. The standard InChI is InChI=1S/C18H21N5O3/c1-11(13-8-6-5-7-9-13)20-16(24)12(2)23-10-19-15-14(23)17(25)22(4)18(26)21(15)3/h5-12H,1-4H3,(H,20,24). The molecule has 2 aromatic heterocycles. The third-order valence-electron chi connectivity index (χ3n) is 4.63. The van der Waals surface area contributed by atoms with E-state index in [1.807, 2.05) is 37.3 Å². The van der Waals surface area contributed by atoms with Crippen LogP contribution in [0.25, 0.3) is 11.2 Å². The average Bonchev–Trinajstić information content (AvgIpc) is 3.09. The van der Waals surface area contributed by atoms with Crippen LogP contribution in [0, 0.1) is 0 Å². The quantitative estimate of drug-likeness (QED) is 0.752. The van der Waals surface area contributed by atoms with Crippen molar-refractivity contribution in [3.8, 4) is 0 Å². The van der Waals surface area contributed by atoms with Crippen molar-refractivity contribution in [1.29, 1.82) is 0 Å². The van der Waals surface area contributed by atoms with Gasteiger partial charge in [-0.2, -0.15) is 0 Å². The molecule has 8 nitrogen and oxygen atoms in total. The Morgan fingerprint density at radius 2 is 1.73 bits per heavy atom. The monoisotopic (exact) mass is 355 g/mol. The third-order valence-corrected chi connectivity index (χ3v) is 4.63. The van der Waals surface area contributed by atoms with Gasteiger partial charge in [0.15, 0.2) is 11.2 Å². The van der Waals surface area contributed by atoms with Gasteiger partial charge in [-0.1, -0.05) is 30.3 Å². The van der Waals surface area contributed by atoms with E-state index in [0.29, 0.717) is 0 Å². The second-order valence-electron chi connectivity index (χ2n) is 6.35. The minimum atomic E-state index is -0.656. The van der Waals surface area contributed by atoms with Crippen LogP contribution in [-0.4, -0.2) is 24.6 Å². The van der Waals surface area contributed by atoms with Gasteiger partial charge in [-0.3, -0.25) is 18.7 Å². The van der Waals surface area contributed by atoms with Crippen LogP contribution in [0.15, 0.2) is 46.2 Å². The average molecular weight is 355 g/mol. The number of aromatic nitrogens is 4. The Labute approximate surface area is 149 Å². The van der Waals surface area contributed by atoms with Crippen LogP contribution in [-0.2, 0) is 18.9 Å². The molecule has 0 aliphatic carbocycles. The Hall–Kier alpha value is -3.16. The molecule has 0 fully saturated rings. The second kappa shape index (κ2) is 6.62. The molecular formula is C18H21N5O3. The fourth-order valence-corrected chi connectivity index (χ4v) is 2.94. The third kappa shape index (κ3) is 2.83. The SMILES string of the molecule is CC(NC(=O)C(C)n1cnc2c1c(=O)n(C)c(=O)n2C)c1ccccc1. The van der Waals surface area contributed by atoms with Gasteiger partial charge in [-0.25, -0.2) is 9.78 Å². The van der Waals surface area contributed by atoms with Gasteiger partial charge in [-0.15, -0.1) is 0 Å². The zero-order valence-electron chi connectivity index (χ0n) is 15.1. The molecule has 0 saturated carbocycles. The van der Waals surface area contributed by atoms with Crippen LogP contribution in [0.1, 0.15) is 31.5 Å². The molecule has 0 radical (unpaired) electrons. The number of rotatable bonds is 4. The zero-order chi connectivity index (χ0) is 19.0. The topological polar surface area (TPSA) is 90.9 Å². The molecule has 0 saturated heterocycles. The van der Waals surface area contributed by atoms with Gasteiger partial charge in [0.1, 0.15) is 6.04 Å². The van der Waals surface area contributed by atoms with Crippen molar-refractivity contribution in [3.05, 3.63) is 63.1 Å². The highest BCUT2D eigenvalue weighted by Crippen LogP contribution is 2.16. The highest BCUT2D eigenvalue weighted by Gasteiger charge is 2.23. The number of carbonyl (C=O) groups excluding carboxylic acids is 1. The van der Waals surface area contributed by atoms with E-state index in [1.165, 1.54) is 22.5 Å². The summed E-state index contributed by atoms with van der Waals surface area (Å²) in [7, 11) is 2.95. The number of carbonyl (C=O) groups is 1. The minimum Gasteiger partial charge on any atom is -0.348 e. The highest BCUT2D eigenvalue weighted by molar-refractivity contribution is 5.82. The van der Waals surface area contributed by atoms with E-state index in [9.17, 15) is 14.4 Å². The van der Waals surface area contributed by atoms with E-state index in [4.69, 9.17) is 0 Å². The summed E-state index contributed by atoms with van der Waals surface area (Å²) in [6, 6.07) is 8.79. The maximum absolute atomic E-state index is 12.7. The number of hydrogen-bond donors (Lipinski definition) is 1. The minimum absolute atomic E-state index is 0.173. The molecule has 2 heterocycles. The van der Waals surface area contributed by atoms with Crippen LogP contribution >= 0.6 is 0 Å². The zero-order valence-corrected chi connectivity index (χ0v) is 15.1. The molecule has 2 atom stereocenters. The number of nitrogens with one attached hydrogen (secondary N) is 1. The van der Waals surface area contributed by atoms with Crippen molar-refractivity contribution in [1.82, 2.24) is 24.0 Å². The lowest BCUT2D eigenvalue weighted by molar-refractivity contribution is -0.124. The summed E-state index contributed by atoms with van der Waals surface area (Å²) in [4.78, 5) is 41.4. The van der Waals surface area contributed by atoms with E-state index in [0.717, 1.165) is 10.1 Å². The molecule has 3 rings (SSSR count). The summed E-state index contributed by atoms with van der Waals surface area (Å²) in [5.41, 5.74) is 0.541. The first kappa shape index (κ1) is 17.7. The van der Waals surface area contributed by atoms with Crippen molar-refractivity contribution < 1.29 is 4.79 Å². The van der Waals surface area contributed by atoms with Gasteiger partial charge < -0.3 is 9.88 Å². The summed E-state index contributed by atoms with van der Waals surface area (Å²) in [5, 5.41) is 2.94. The summed E-state index contributed by atoms with van der Waals surface area (Å²) in [6.45, 7) is 3.59. The largest absolute Gasteiger partial charge is 0.348 e. The van der Waals surface area contributed by atoms with Crippen LogP contribution in [0.3, 0.4) is 0 Å². The van der Waals surface area contributed by atoms with E-state index >= 15 is 0 Å². The number of benzene rings is 1. The predicted molar refractivity (Wildman–Crippen MR) is 97.9 cm³/mol. The summed E-state index contributed by atoms with van der Waals surface area (Å²) >= 11 is 0. The molecule has 3 aromatic rings. The second-order valence-corrected chi connectivity index (χ2v) is 6.35. The fraction of sp³-hybridized carbons (Fsp3) is 0.333. The van der Waals surface area contributed by atoms with Crippen molar-refractivity contribution in [2.45, 2.75) is 25.9 Å². The van der Waals surface area contributed by atoms with Gasteiger partial charge in [0.05, 0.1) is 12.4 Å². The Balaban J connectivity index is 1.95. The first-order valence-corrected chi connectivity index (χ1v) is 8.30. The molecule has 1 N–H and O–H groups in total. The lowest BCUT2D eigenvalue weighted by Gasteiger charge is -2.19. The number of hydrogen-bond acceptors (Lipinski definition) is 4. The molecule has 0 aliphatic rings. The molecule has 1 aromatic carbocycles. The smallest absolute Gasteiger partial charge is 0.332 e. The van der Waals surface area contributed by atoms with Gasteiger partial charge in [0.25, 0.3) is 5.56 Å². The lowest BCUT2D eigenvalue weighted by atomic mass is 10.1. The number of aryl methyl sites for hydroxylation is 1. The van der Waals surface area contributed by atoms with Gasteiger partial charge in [-0.05, 0) is 19.4 Å². The van der Waals surface area contributed by atoms with Crippen LogP contribution in [0.2, 0.25) is 0 Å². The number of nitrogens with zero attached hydrogens (tertiary/aromatic N) is 4. The van der Waals surface area contributed by atoms with Crippen molar-refractivity contribution >= 4 is 17.1 Å². The predicted octanol–water partition coefficient (Wildman–Crippen LogP) is 0.872. The normalized spacial score (nSPS) is 13.5. The van der Waals surface area contributed by atoms with E-state index in [-0.39, 0.29) is 23.1 Å². The Morgan fingerprint density at radius 1 is 1.08 bits per heavy atom. The Morgan fingerprint density at radius 3 is 2.38 bits per heavy atom. The van der Waals surface area contributed by atoms with Crippen molar-refractivity contribution in [2.75, 3.05) is 0 Å². The molecule has 0 spiro atoms. The summed E-state index contributed by atoms with van der Waals surface area (Å²) < 4.78 is 3.81. The van der Waals surface area contributed by atoms with E-state index in [1.54, 1.807) is 14.0 Å². The molecule has 8 heteroatoms. The molecule has 2 unspecified atom stereocenters. The van der Waals surface area contributed by atoms with Gasteiger partial charge in [0, 0.05) is 14.1 Å². The lowest BCUT2D eigenvalue weighted by Crippen LogP contribution is -2.39. The maximum atomic E-state index is 12.7. The maximum Gasteiger partial charge on any atom is 0.332 e. The van der Waals surface area contributed by atoms with Crippen molar-refractivity contribution in [3.63, 3.8) is 0 Å². The number of imidazole rings is 1. The first-order valence-electron chi connectivity index (χ1n) is 8.30. The first-order chi connectivity index (χ1) is 12.3. The summed E-state index contributed by atoms with van der Waals surface area (Å²) in [5.74, 6) is -0.239. The van der Waals surface area contributed by atoms with Crippen LogP contribution < -0.4 is 16.6 Å². The molecule has 26 heavy (non-hydrogen) atoms. The molecule has 0 aliphatic heterocycles. The van der Waals surface area contributed by atoms with E-state index in [2.05, 4.69) is 10.3 Å². The van der Waals surface area contributed by atoms with Crippen LogP contribution in [0.5, 0.6) is 0 Å². The molecule has 1 amide bonds. The Bertz CT molecular complexity index is 1080.